The third-order valence-electron chi connectivity index (χ3n) is 3.16. The second kappa shape index (κ2) is 5.92. The number of phenolic OH excluding ortho intramolecular Hbond substituents is 1. The Hall–Kier alpha value is -2.08. The minimum atomic E-state index is -0.290. The third-order valence-corrected chi connectivity index (χ3v) is 3.37. The number of thiocarbonyl (C=S) groups is 1. The minimum Gasteiger partial charge on any atom is -0.507 e. The largest absolute Gasteiger partial charge is 0.507 e. The van der Waals surface area contributed by atoms with Crippen LogP contribution in [0.3, 0.4) is 0 Å². The Morgan fingerprint density at radius 2 is 2.00 bits per heavy atom. The fourth-order valence-corrected chi connectivity index (χ4v) is 2.28. The maximum absolute atomic E-state index is 11.5. The fourth-order valence-electron chi connectivity index (χ4n) is 2.08. The molecule has 1 aromatic rings. The van der Waals surface area contributed by atoms with Crippen LogP contribution in [-0.2, 0) is 4.79 Å². The summed E-state index contributed by atoms with van der Waals surface area (Å²) in [5, 5.41) is 15.6. The van der Waals surface area contributed by atoms with Crippen LogP contribution in [-0.4, -0.2) is 29.2 Å². The quantitative estimate of drug-likeness (QED) is 0.581. The Kier molecular flexibility index (Phi) is 4.24. The summed E-state index contributed by atoms with van der Waals surface area (Å²) in [5.41, 5.74) is 1.86. The molecule has 0 atom stereocenters. The molecule has 0 bridgehead atoms. The van der Waals surface area contributed by atoms with Gasteiger partial charge in [0.1, 0.15) is 11.4 Å². The number of aromatic hydroxyl groups is 1. The van der Waals surface area contributed by atoms with E-state index in [9.17, 15) is 9.90 Å². The Morgan fingerprint density at radius 1 is 1.30 bits per heavy atom. The first-order valence-electron chi connectivity index (χ1n) is 6.47. The SMILES string of the molecule is CCN(CC)c1ccc(/C=C2/NC(=S)NC2=O)c(O)c1. The van der Waals surface area contributed by atoms with Gasteiger partial charge >= 0.3 is 0 Å². The van der Waals surface area contributed by atoms with Crippen LogP contribution in [0.1, 0.15) is 19.4 Å². The number of phenols is 1. The molecular weight excluding hydrogens is 274 g/mol. The van der Waals surface area contributed by atoms with Crippen LogP contribution >= 0.6 is 12.2 Å². The van der Waals surface area contributed by atoms with Gasteiger partial charge in [-0.15, -0.1) is 0 Å². The number of anilines is 1. The molecule has 106 valence electrons. The first-order valence-corrected chi connectivity index (χ1v) is 6.88. The van der Waals surface area contributed by atoms with E-state index in [0.29, 0.717) is 11.3 Å². The van der Waals surface area contributed by atoms with Crippen molar-refractivity contribution < 1.29 is 9.90 Å². The van der Waals surface area contributed by atoms with Gasteiger partial charge in [0.25, 0.3) is 5.91 Å². The van der Waals surface area contributed by atoms with Crippen molar-refractivity contribution in [3.05, 3.63) is 29.5 Å². The van der Waals surface area contributed by atoms with Crippen molar-refractivity contribution in [3.63, 3.8) is 0 Å². The molecule has 1 aromatic carbocycles. The standard InChI is InChI=1S/C14H17N3O2S/c1-3-17(4-2)10-6-5-9(12(18)8-10)7-11-13(19)16-14(20)15-11/h5-8,18H,3-4H2,1-2H3,(H2,15,16,19,20)/b11-7+. The number of rotatable bonds is 4. The van der Waals surface area contributed by atoms with E-state index in [1.165, 1.54) is 0 Å². The summed E-state index contributed by atoms with van der Waals surface area (Å²) >= 11 is 4.86. The number of carbonyl (C=O) groups excluding carboxylic acids is 1. The average Bonchev–Trinajstić information content (AvgIpc) is 2.72. The molecule has 1 amide bonds. The summed E-state index contributed by atoms with van der Waals surface area (Å²) < 4.78 is 0. The Labute approximate surface area is 123 Å². The summed E-state index contributed by atoms with van der Waals surface area (Å²) in [6.45, 7) is 5.86. The molecule has 1 heterocycles. The van der Waals surface area contributed by atoms with Gasteiger partial charge in [-0.2, -0.15) is 0 Å². The number of nitrogens with one attached hydrogen (secondary N) is 2. The molecular formula is C14H17N3O2S. The van der Waals surface area contributed by atoms with Gasteiger partial charge in [-0.3, -0.25) is 10.1 Å². The maximum Gasteiger partial charge on any atom is 0.273 e. The van der Waals surface area contributed by atoms with Crippen LogP contribution in [0.4, 0.5) is 5.69 Å². The molecule has 2 rings (SSSR count). The van der Waals surface area contributed by atoms with Crippen molar-refractivity contribution in [2.45, 2.75) is 13.8 Å². The van der Waals surface area contributed by atoms with E-state index in [1.54, 1.807) is 18.2 Å². The van der Waals surface area contributed by atoms with Crippen molar-refractivity contribution in [1.29, 1.82) is 0 Å². The van der Waals surface area contributed by atoms with Crippen LogP contribution < -0.4 is 15.5 Å². The molecule has 1 fully saturated rings. The lowest BCUT2D eigenvalue weighted by molar-refractivity contribution is -0.115. The molecule has 0 aliphatic carbocycles. The number of hydrogen-bond donors (Lipinski definition) is 3. The van der Waals surface area contributed by atoms with Gasteiger partial charge < -0.3 is 15.3 Å². The molecule has 1 aliphatic rings. The molecule has 20 heavy (non-hydrogen) atoms. The molecule has 3 N–H and O–H groups in total. The fraction of sp³-hybridized carbons (Fsp3) is 0.286. The van der Waals surface area contributed by atoms with Crippen LogP contribution in [0.2, 0.25) is 0 Å². The van der Waals surface area contributed by atoms with Gasteiger partial charge in [0, 0.05) is 30.4 Å². The zero-order valence-electron chi connectivity index (χ0n) is 11.4. The second-order valence-electron chi connectivity index (χ2n) is 4.38. The zero-order valence-corrected chi connectivity index (χ0v) is 12.3. The molecule has 0 saturated carbocycles. The van der Waals surface area contributed by atoms with E-state index in [0.717, 1.165) is 18.8 Å². The highest BCUT2D eigenvalue weighted by molar-refractivity contribution is 7.80. The summed E-state index contributed by atoms with van der Waals surface area (Å²) in [7, 11) is 0. The second-order valence-corrected chi connectivity index (χ2v) is 4.79. The number of hydrogen-bond acceptors (Lipinski definition) is 4. The molecule has 1 aliphatic heterocycles. The van der Waals surface area contributed by atoms with Gasteiger partial charge in [0.2, 0.25) is 0 Å². The van der Waals surface area contributed by atoms with Crippen molar-refractivity contribution >= 4 is 35.0 Å². The van der Waals surface area contributed by atoms with Crippen molar-refractivity contribution in [3.8, 4) is 5.75 Å². The molecule has 6 heteroatoms. The predicted octanol–water partition coefficient (Wildman–Crippen LogP) is 1.58. The highest BCUT2D eigenvalue weighted by Crippen LogP contribution is 2.26. The first kappa shape index (κ1) is 14.3. The minimum absolute atomic E-state index is 0.134. The van der Waals surface area contributed by atoms with Crippen molar-refractivity contribution in [2.24, 2.45) is 0 Å². The topological polar surface area (TPSA) is 64.6 Å². The molecule has 0 unspecified atom stereocenters. The highest BCUT2D eigenvalue weighted by Gasteiger charge is 2.20. The van der Waals surface area contributed by atoms with E-state index >= 15 is 0 Å². The number of amides is 1. The molecule has 0 spiro atoms. The molecule has 5 nitrogen and oxygen atoms in total. The van der Waals surface area contributed by atoms with Gasteiger partial charge in [-0.1, -0.05) is 0 Å². The maximum atomic E-state index is 11.5. The van der Waals surface area contributed by atoms with E-state index in [4.69, 9.17) is 12.2 Å². The lowest BCUT2D eigenvalue weighted by Gasteiger charge is -2.21. The predicted molar refractivity (Wildman–Crippen MR) is 83.5 cm³/mol. The molecule has 0 aromatic heterocycles. The van der Waals surface area contributed by atoms with E-state index in [1.807, 2.05) is 6.07 Å². The number of benzene rings is 1. The average molecular weight is 291 g/mol. The Morgan fingerprint density at radius 3 is 2.50 bits per heavy atom. The monoisotopic (exact) mass is 291 g/mol. The van der Waals surface area contributed by atoms with Gasteiger partial charge in [0.15, 0.2) is 5.11 Å². The van der Waals surface area contributed by atoms with E-state index in [-0.39, 0.29) is 16.8 Å². The van der Waals surface area contributed by atoms with Gasteiger partial charge in [-0.05, 0) is 44.3 Å². The normalized spacial score (nSPS) is 16.2. The summed E-state index contributed by atoms with van der Waals surface area (Å²) in [6.07, 6.45) is 1.58. The van der Waals surface area contributed by atoms with Crippen LogP contribution in [0.15, 0.2) is 23.9 Å². The summed E-state index contributed by atoms with van der Waals surface area (Å²) in [4.78, 5) is 13.7. The van der Waals surface area contributed by atoms with Gasteiger partial charge in [-0.25, -0.2) is 0 Å². The third kappa shape index (κ3) is 2.91. The van der Waals surface area contributed by atoms with E-state index < -0.39 is 0 Å². The summed E-state index contributed by atoms with van der Waals surface area (Å²) in [5.74, 6) is -0.156. The molecule has 0 radical (unpaired) electrons. The van der Waals surface area contributed by atoms with Crippen molar-refractivity contribution in [1.82, 2.24) is 10.6 Å². The lowest BCUT2D eigenvalue weighted by Crippen LogP contribution is -2.21. The smallest absolute Gasteiger partial charge is 0.273 e. The van der Waals surface area contributed by atoms with Crippen molar-refractivity contribution in [2.75, 3.05) is 18.0 Å². The first-order chi connectivity index (χ1) is 9.55. The van der Waals surface area contributed by atoms with Crippen LogP contribution in [0, 0.1) is 0 Å². The zero-order chi connectivity index (χ0) is 14.7. The Bertz CT molecular complexity index is 580. The summed E-state index contributed by atoms with van der Waals surface area (Å²) in [6, 6.07) is 5.40. The van der Waals surface area contributed by atoms with Crippen LogP contribution in [0.25, 0.3) is 6.08 Å². The van der Waals surface area contributed by atoms with Gasteiger partial charge in [0.05, 0.1) is 0 Å². The Balaban J connectivity index is 2.29. The molecule has 1 saturated heterocycles. The van der Waals surface area contributed by atoms with Crippen LogP contribution in [0.5, 0.6) is 5.75 Å². The van der Waals surface area contributed by atoms with E-state index in [2.05, 4.69) is 29.4 Å². The lowest BCUT2D eigenvalue weighted by atomic mass is 10.1. The number of carbonyl (C=O) groups is 1. The highest BCUT2D eigenvalue weighted by atomic mass is 32.1. The number of nitrogens with zero attached hydrogens (tertiary/aromatic N) is 1.